The zero-order chi connectivity index (χ0) is 23.0. The zero-order valence-corrected chi connectivity index (χ0v) is 21.7. The molecule has 0 unspecified atom stereocenters. The monoisotopic (exact) mass is 495 g/mol. The minimum absolute atomic E-state index is 0.000162. The van der Waals surface area contributed by atoms with Crippen molar-refractivity contribution in [1.29, 1.82) is 0 Å². The fraction of sp³-hybridized carbons (Fsp3) is 0.226. The summed E-state index contributed by atoms with van der Waals surface area (Å²) in [5, 5.41) is 2.83. The van der Waals surface area contributed by atoms with Gasteiger partial charge in [0.15, 0.2) is 0 Å². The van der Waals surface area contributed by atoms with Crippen LogP contribution in [-0.4, -0.2) is 20.0 Å². The van der Waals surface area contributed by atoms with Crippen molar-refractivity contribution in [2.45, 2.75) is 45.6 Å². The molecule has 1 aliphatic rings. The van der Waals surface area contributed by atoms with Crippen LogP contribution in [0.5, 0.6) is 0 Å². The summed E-state index contributed by atoms with van der Waals surface area (Å²) in [7, 11) is 0. The van der Waals surface area contributed by atoms with Gasteiger partial charge >= 0.3 is 203 Å². The second kappa shape index (κ2) is 7.10. The van der Waals surface area contributed by atoms with Crippen LogP contribution >= 0.6 is 0 Å². The van der Waals surface area contributed by atoms with E-state index in [-0.39, 0.29) is 11.0 Å². The van der Waals surface area contributed by atoms with E-state index in [0.29, 0.717) is 14.5 Å². The van der Waals surface area contributed by atoms with Crippen LogP contribution in [0.4, 0.5) is 11.4 Å². The summed E-state index contributed by atoms with van der Waals surface area (Å²) in [6, 6.07) is 31.8. The number of hydrogen-bond acceptors (Lipinski definition) is 1. The number of anilines is 2. The molecule has 1 aromatic heterocycles. The van der Waals surface area contributed by atoms with Gasteiger partial charge in [-0.3, -0.25) is 0 Å². The predicted octanol–water partition coefficient (Wildman–Crippen LogP) is 8.29. The molecule has 0 atom stereocenters. The molecular weight excluding hydrogens is 465 g/mol. The molecule has 1 heterocycles. The summed E-state index contributed by atoms with van der Waals surface area (Å²) in [5.74, 6) is 0. The minimum atomic E-state index is -0.0660. The Kier molecular flexibility index (Phi) is 4.47. The van der Waals surface area contributed by atoms with Crippen molar-refractivity contribution < 1.29 is 0 Å². The average molecular weight is 495 g/mol. The van der Waals surface area contributed by atoms with E-state index in [2.05, 4.69) is 124 Å². The Labute approximate surface area is 202 Å². The first-order valence-electron chi connectivity index (χ1n) is 11.7. The SMILES string of the molecule is CC1(C)c2ccccc2-c2ccc(N(c3cccc4[se]c5ccccc5c34)C(C)(C)C)cc21. The first kappa shape index (κ1) is 20.8. The normalized spacial score (nSPS) is 14.5. The number of nitrogens with zero attached hydrogens (tertiary/aromatic N) is 1. The summed E-state index contributed by atoms with van der Waals surface area (Å²) in [5.41, 5.74) is 8.13. The van der Waals surface area contributed by atoms with E-state index in [0.717, 1.165) is 0 Å². The Balaban J connectivity index is 1.61. The average Bonchev–Trinajstić information content (AvgIpc) is 3.27. The molecule has 0 saturated carbocycles. The molecule has 6 rings (SSSR count). The second-order valence-electron chi connectivity index (χ2n) is 10.7. The van der Waals surface area contributed by atoms with Crippen molar-refractivity contribution in [2.24, 2.45) is 0 Å². The van der Waals surface area contributed by atoms with Gasteiger partial charge in [0, 0.05) is 0 Å². The molecule has 0 spiro atoms. The molecule has 164 valence electrons. The molecule has 4 aromatic carbocycles. The Morgan fingerprint density at radius 1 is 0.697 bits per heavy atom. The molecule has 1 aliphatic carbocycles. The van der Waals surface area contributed by atoms with Gasteiger partial charge in [0.1, 0.15) is 0 Å². The van der Waals surface area contributed by atoms with Gasteiger partial charge in [-0.1, -0.05) is 0 Å². The van der Waals surface area contributed by atoms with E-state index in [9.17, 15) is 0 Å². The molecule has 33 heavy (non-hydrogen) atoms. The van der Waals surface area contributed by atoms with E-state index in [1.165, 1.54) is 52.9 Å². The number of fused-ring (bicyclic) bond motifs is 6. The Hall–Kier alpha value is -2.80. The van der Waals surface area contributed by atoms with Gasteiger partial charge in [0.2, 0.25) is 0 Å². The summed E-state index contributed by atoms with van der Waals surface area (Å²) in [4.78, 5) is 2.56. The zero-order valence-electron chi connectivity index (χ0n) is 19.9. The molecule has 0 aliphatic heterocycles. The molecule has 1 nitrogen and oxygen atoms in total. The van der Waals surface area contributed by atoms with E-state index >= 15 is 0 Å². The molecule has 0 N–H and O–H groups in total. The quantitative estimate of drug-likeness (QED) is 0.223. The molecular formula is C31H29NSe. The maximum absolute atomic E-state index is 2.56. The summed E-state index contributed by atoms with van der Waals surface area (Å²) < 4.78 is 2.98. The van der Waals surface area contributed by atoms with Crippen LogP contribution in [0.3, 0.4) is 0 Å². The van der Waals surface area contributed by atoms with Crippen molar-refractivity contribution in [1.82, 2.24) is 0 Å². The first-order valence-corrected chi connectivity index (χ1v) is 13.4. The fourth-order valence-electron chi connectivity index (χ4n) is 5.66. The van der Waals surface area contributed by atoms with Crippen LogP contribution < -0.4 is 4.90 Å². The van der Waals surface area contributed by atoms with Crippen molar-refractivity contribution >= 4 is 45.2 Å². The third kappa shape index (κ3) is 3.05. The van der Waals surface area contributed by atoms with E-state index in [4.69, 9.17) is 0 Å². The van der Waals surface area contributed by atoms with Gasteiger partial charge in [-0.15, -0.1) is 0 Å². The molecule has 0 radical (unpaired) electrons. The molecule has 5 aromatic rings. The maximum atomic E-state index is 2.56. The van der Waals surface area contributed by atoms with Gasteiger partial charge < -0.3 is 0 Å². The van der Waals surface area contributed by atoms with Crippen LogP contribution in [0, 0.1) is 0 Å². The van der Waals surface area contributed by atoms with Crippen molar-refractivity contribution in [3.63, 3.8) is 0 Å². The number of rotatable bonds is 2. The summed E-state index contributed by atoms with van der Waals surface area (Å²) in [6.07, 6.45) is 0. The molecule has 0 bridgehead atoms. The molecule has 0 saturated heterocycles. The summed E-state index contributed by atoms with van der Waals surface area (Å²) >= 11 is 0.368. The van der Waals surface area contributed by atoms with Gasteiger partial charge in [0.05, 0.1) is 0 Å². The fourth-order valence-corrected chi connectivity index (χ4v) is 8.03. The number of benzene rings is 4. The first-order chi connectivity index (χ1) is 15.8. The van der Waals surface area contributed by atoms with E-state index in [1.807, 2.05) is 0 Å². The van der Waals surface area contributed by atoms with Crippen LogP contribution in [0.15, 0.2) is 84.9 Å². The third-order valence-corrected chi connectivity index (χ3v) is 9.50. The van der Waals surface area contributed by atoms with Crippen molar-refractivity contribution in [2.75, 3.05) is 4.90 Å². The van der Waals surface area contributed by atoms with Crippen LogP contribution in [-0.2, 0) is 5.41 Å². The predicted molar refractivity (Wildman–Crippen MR) is 144 cm³/mol. The van der Waals surface area contributed by atoms with Gasteiger partial charge in [-0.25, -0.2) is 0 Å². The number of hydrogen-bond donors (Lipinski definition) is 0. The van der Waals surface area contributed by atoms with Crippen LogP contribution in [0.2, 0.25) is 0 Å². The Bertz CT molecular complexity index is 1530. The van der Waals surface area contributed by atoms with Gasteiger partial charge in [0.25, 0.3) is 0 Å². The van der Waals surface area contributed by atoms with E-state index in [1.54, 1.807) is 0 Å². The van der Waals surface area contributed by atoms with Crippen molar-refractivity contribution in [3.05, 3.63) is 96.1 Å². The van der Waals surface area contributed by atoms with Crippen molar-refractivity contribution in [3.8, 4) is 11.1 Å². The van der Waals surface area contributed by atoms with Gasteiger partial charge in [-0.2, -0.15) is 0 Å². The molecule has 0 amide bonds. The van der Waals surface area contributed by atoms with Crippen LogP contribution in [0.25, 0.3) is 30.4 Å². The van der Waals surface area contributed by atoms with Gasteiger partial charge in [-0.05, 0) is 0 Å². The summed E-state index contributed by atoms with van der Waals surface area (Å²) in [6.45, 7) is 11.7. The topological polar surface area (TPSA) is 3.24 Å². The third-order valence-electron chi connectivity index (χ3n) is 7.12. The second-order valence-corrected chi connectivity index (χ2v) is 12.9. The Morgan fingerprint density at radius 3 is 2.21 bits per heavy atom. The molecule has 0 fully saturated rings. The van der Waals surface area contributed by atoms with E-state index < -0.39 is 0 Å². The molecule has 2 heteroatoms. The Morgan fingerprint density at radius 2 is 1.39 bits per heavy atom. The van der Waals surface area contributed by atoms with Crippen LogP contribution in [0.1, 0.15) is 45.7 Å². The standard InChI is InChI=1S/C31H29NSe/c1-30(2,3)32(26-14-10-16-28-29(26)23-12-7-9-15-27(23)33-28)20-17-18-22-21-11-6-8-13-24(21)31(4,5)25(22)19-20/h6-19H,1-5H3.